The number of nitrogens with zero attached hydrogens (tertiary/aromatic N) is 2. The van der Waals surface area contributed by atoms with Gasteiger partial charge in [-0.05, 0) is 44.9 Å². The van der Waals surface area contributed by atoms with Crippen LogP contribution in [0.15, 0.2) is 22.8 Å². The third-order valence-electron chi connectivity index (χ3n) is 4.38. The molecule has 0 aliphatic carbocycles. The maximum atomic E-state index is 11.5. The smallest absolute Gasteiger partial charge is 0.147 e. The molecule has 2 aromatic rings. The topological polar surface area (TPSA) is 50.3 Å². The molecule has 7 heteroatoms. The Balaban J connectivity index is 2.01. The Morgan fingerprint density at radius 1 is 1.33 bits per heavy atom. The summed E-state index contributed by atoms with van der Waals surface area (Å²) in [5.41, 5.74) is 2.29. The van der Waals surface area contributed by atoms with Crippen LogP contribution >= 0.6 is 27.5 Å². The molecule has 0 saturated carbocycles. The van der Waals surface area contributed by atoms with E-state index in [1.807, 2.05) is 12.3 Å². The molecule has 0 atom stereocenters. The van der Waals surface area contributed by atoms with Crippen molar-refractivity contribution in [2.75, 3.05) is 30.0 Å². The third kappa shape index (κ3) is 3.55. The minimum Gasteiger partial charge on any atom is -0.369 e. The molecule has 0 spiro atoms. The Morgan fingerprint density at radius 2 is 2.00 bits per heavy atom. The molecule has 1 aliphatic heterocycles. The number of hydrogen-bond acceptors (Lipinski definition) is 4. The molecule has 1 aliphatic rings. The van der Waals surface area contributed by atoms with Crippen LogP contribution in [0.3, 0.4) is 0 Å². The molecule has 4 nitrogen and oxygen atoms in total. The first-order chi connectivity index (χ1) is 11.2. The predicted octanol–water partition coefficient (Wildman–Crippen LogP) is 4.25. The monoisotopic (exact) mass is 430 g/mol. The second kappa shape index (κ2) is 6.46. The summed E-state index contributed by atoms with van der Waals surface area (Å²) in [6.45, 7) is 5.79. The van der Waals surface area contributed by atoms with Crippen molar-refractivity contribution in [3.8, 4) is 0 Å². The molecular formula is C17H20BrClN2O2S. The Kier molecular flexibility index (Phi) is 4.84. The Labute approximate surface area is 156 Å². The van der Waals surface area contributed by atoms with Crippen molar-refractivity contribution in [1.29, 1.82) is 0 Å². The average molecular weight is 432 g/mol. The van der Waals surface area contributed by atoms with Gasteiger partial charge in [-0.2, -0.15) is 0 Å². The Bertz CT molecular complexity index is 893. The number of aromatic nitrogens is 1. The standard InChI is InChI=1S/C17H20BrClN2O2S/c1-10(2)12-4-15(18)17(14-6-20-16(19)5-13(12)14)21-7-11(8-21)9-24(3,22)23/h4-6,10-11H,7-9H2,1-3H3. The Hall–Kier alpha value is -0.850. The van der Waals surface area contributed by atoms with E-state index in [1.54, 1.807) is 0 Å². The molecular weight excluding hydrogens is 412 g/mol. The SMILES string of the molecule is CC(C)c1cc(Br)c(N2CC(CS(C)(=O)=O)C2)c2cnc(Cl)cc12. The molecule has 0 bridgehead atoms. The summed E-state index contributed by atoms with van der Waals surface area (Å²) in [5, 5.41) is 2.64. The summed E-state index contributed by atoms with van der Waals surface area (Å²) in [6.07, 6.45) is 3.11. The molecule has 24 heavy (non-hydrogen) atoms. The number of fused-ring (bicyclic) bond motifs is 1. The molecule has 1 aromatic heterocycles. The fourth-order valence-corrected chi connectivity index (χ4v) is 5.29. The lowest BCUT2D eigenvalue weighted by molar-refractivity contribution is 0.445. The zero-order valence-electron chi connectivity index (χ0n) is 13.9. The molecule has 0 N–H and O–H groups in total. The van der Waals surface area contributed by atoms with Crippen molar-refractivity contribution >= 4 is 53.8 Å². The first-order valence-electron chi connectivity index (χ1n) is 7.86. The molecule has 0 unspecified atom stereocenters. The average Bonchev–Trinajstić information content (AvgIpc) is 2.41. The number of anilines is 1. The highest BCUT2D eigenvalue weighted by molar-refractivity contribution is 9.10. The van der Waals surface area contributed by atoms with E-state index in [2.05, 4.69) is 45.7 Å². The van der Waals surface area contributed by atoms with Crippen molar-refractivity contribution < 1.29 is 8.42 Å². The van der Waals surface area contributed by atoms with Crippen LogP contribution in [-0.2, 0) is 9.84 Å². The molecule has 1 aromatic carbocycles. The number of sulfone groups is 1. The van der Waals surface area contributed by atoms with Crippen molar-refractivity contribution in [3.63, 3.8) is 0 Å². The minimum absolute atomic E-state index is 0.187. The highest BCUT2D eigenvalue weighted by Crippen LogP contribution is 2.42. The van der Waals surface area contributed by atoms with E-state index in [0.29, 0.717) is 11.1 Å². The van der Waals surface area contributed by atoms with Gasteiger partial charge in [0.1, 0.15) is 15.0 Å². The lowest BCUT2D eigenvalue weighted by Gasteiger charge is -2.42. The van der Waals surface area contributed by atoms with Crippen molar-refractivity contribution in [2.24, 2.45) is 5.92 Å². The van der Waals surface area contributed by atoms with E-state index in [9.17, 15) is 8.42 Å². The molecule has 3 rings (SSSR count). The van der Waals surface area contributed by atoms with Gasteiger partial charge in [0.2, 0.25) is 0 Å². The lowest BCUT2D eigenvalue weighted by Crippen LogP contribution is -2.49. The third-order valence-corrected chi connectivity index (χ3v) is 6.27. The van der Waals surface area contributed by atoms with E-state index < -0.39 is 9.84 Å². The predicted molar refractivity (Wildman–Crippen MR) is 104 cm³/mol. The zero-order chi connectivity index (χ0) is 17.6. The first kappa shape index (κ1) is 18.0. The van der Waals surface area contributed by atoms with Gasteiger partial charge >= 0.3 is 0 Å². The van der Waals surface area contributed by atoms with Crippen LogP contribution in [0.1, 0.15) is 25.3 Å². The van der Waals surface area contributed by atoms with E-state index in [1.165, 1.54) is 11.8 Å². The maximum absolute atomic E-state index is 11.5. The van der Waals surface area contributed by atoms with Crippen molar-refractivity contribution in [3.05, 3.63) is 33.5 Å². The van der Waals surface area contributed by atoms with E-state index in [4.69, 9.17) is 11.6 Å². The number of pyridine rings is 1. The zero-order valence-corrected chi connectivity index (χ0v) is 17.0. The van der Waals surface area contributed by atoms with Crippen molar-refractivity contribution in [2.45, 2.75) is 19.8 Å². The summed E-state index contributed by atoms with van der Waals surface area (Å²) in [6, 6.07) is 4.05. The van der Waals surface area contributed by atoms with Crippen LogP contribution in [0.5, 0.6) is 0 Å². The van der Waals surface area contributed by atoms with E-state index >= 15 is 0 Å². The van der Waals surface area contributed by atoms with Gasteiger partial charge in [0.05, 0.1) is 11.4 Å². The van der Waals surface area contributed by atoms with Gasteiger partial charge in [-0.15, -0.1) is 0 Å². The number of rotatable bonds is 4. The second-order valence-corrected chi connectivity index (χ2v) is 10.3. The quantitative estimate of drug-likeness (QED) is 0.679. The van der Waals surface area contributed by atoms with Gasteiger partial charge in [-0.25, -0.2) is 13.4 Å². The van der Waals surface area contributed by atoms with Gasteiger partial charge in [-0.1, -0.05) is 25.4 Å². The minimum atomic E-state index is -2.93. The van der Waals surface area contributed by atoms with Crippen LogP contribution in [0, 0.1) is 5.92 Å². The molecule has 1 saturated heterocycles. The van der Waals surface area contributed by atoms with Crippen LogP contribution < -0.4 is 4.90 Å². The summed E-state index contributed by atoms with van der Waals surface area (Å²) in [4.78, 5) is 6.46. The molecule has 0 amide bonds. The first-order valence-corrected chi connectivity index (χ1v) is 11.1. The fourth-order valence-electron chi connectivity index (χ4n) is 3.35. The largest absolute Gasteiger partial charge is 0.369 e. The lowest BCUT2D eigenvalue weighted by atomic mass is 9.94. The van der Waals surface area contributed by atoms with Crippen LogP contribution in [-0.4, -0.2) is 38.5 Å². The fraction of sp³-hybridized carbons (Fsp3) is 0.471. The number of benzene rings is 1. The van der Waals surface area contributed by atoms with Gasteiger partial charge < -0.3 is 4.90 Å². The van der Waals surface area contributed by atoms with Gasteiger partial charge in [0.25, 0.3) is 0 Å². The maximum Gasteiger partial charge on any atom is 0.147 e. The molecule has 0 radical (unpaired) electrons. The summed E-state index contributed by atoms with van der Waals surface area (Å²) >= 11 is 9.80. The van der Waals surface area contributed by atoms with E-state index in [0.717, 1.165) is 34.0 Å². The molecule has 130 valence electrons. The number of hydrogen-bond donors (Lipinski definition) is 0. The summed E-state index contributed by atoms with van der Waals surface area (Å²) in [7, 11) is -2.93. The highest BCUT2D eigenvalue weighted by Gasteiger charge is 2.32. The summed E-state index contributed by atoms with van der Waals surface area (Å²) < 4.78 is 23.9. The highest BCUT2D eigenvalue weighted by atomic mass is 79.9. The van der Waals surface area contributed by atoms with Crippen LogP contribution in [0.25, 0.3) is 10.8 Å². The van der Waals surface area contributed by atoms with E-state index in [-0.39, 0.29) is 11.7 Å². The van der Waals surface area contributed by atoms with Gasteiger partial charge in [0.15, 0.2) is 0 Å². The molecule has 2 heterocycles. The second-order valence-electron chi connectivity index (χ2n) is 6.87. The number of halogens is 2. The molecule has 1 fully saturated rings. The van der Waals surface area contributed by atoms with Crippen LogP contribution in [0.4, 0.5) is 5.69 Å². The van der Waals surface area contributed by atoms with Crippen molar-refractivity contribution in [1.82, 2.24) is 4.98 Å². The summed E-state index contributed by atoms with van der Waals surface area (Å²) in [5.74, 6) is 0.797. The van der Waals surface area contributed by atoms with Crippen LogP contribution in [0.2, 0.25) is 5.15 Å². The van der Waals surface area contributed by atoms with Gasteiger partial charge in [-0.3, -0.25) is 0 Å². The normalized spacial score (nSPS) is 16.0. The Morgan fingerprint density at radius 3 is 2.58 bits per heavy atom. The van der Waals surface area contributed by atoms with Gasteiger partial charge in [0, 0.05) is 41.3 Å².